The van der Waals surface area contributed by atoms with Gasteiger partial charge in [-0.2, -0.15) is 0 Å². The molecule has 6 heteroatoms. The zero-order valence-electron chi connectivity index (χ0n) is 12.7. The molecule has 2 N–H and O–H groups in total. The normalized spacial score (nSPS) is 11.8. The maximum Gasteiger partial charge on any atom is 0.256 e. The van der Waals surface area contributed by atoms with Crippen LogP contribution in [0.25, 0.3) is 0 Å². The zero-order chi connectivity index (χ0) is 15.9. The third-order valence-corrected chi connectivity index (χ3v) is 3.39. The minimum Gasteiger partial charge on any atom is -0.388 e. The Morgan fingerprint density at radius 2 is 1.91 bits per heavy atom. The van der Waals surface area contributed by atoms with Crippen LogP contribution in [-0.2, 0) is 0 Å². The molecule has 0 spiro atoms. The van der Waals surface area contributed by atoms with Gasteiger partial charge >= 0.3 is 0 Å². The number of anilines is 1. The number of nitrogens with one attached hydrogen (secondary N) is 1. The SMILES string of the molecule is CNc1ncc(C(=O)N(C)CC[C@@H](O)c2ccccc2)cn1. The topological polar surface area (TPSA) is 78.4 Å². The molecule has 2 rings (SSSR count). The van der Waals surface area contributed by atoms with E-state index >= 15 is 0 Å². The highest BCUT2D eigenvalue weighted by atomic mass is 16.3. The molecule has 0 saturated carbocycles. The number of hydrogen-bond donors (Lipinski definition) is 2. The number of nitrogens with zero attached hydrogens (tertiary/aromatic N) is 3. The molecule has 0 unspecified atom stereocenters. The van der Waals surface area contributed by atoms with Crippen LogP contribution < -0.4 is 5.32 Å². The van der Waals surface area contributed by atoms with Gasteiger partial charge in [-0.25, -0.2) is 9.97 Å². The first-order valence-corrected chi connectivity index (χ1v) is 7.10. The standard InChI is InChI=1S/C16H20N4O2/c1-17-16-18-10-13(11-19-16)15(22)20(2)9-8-14(21)12-6-4-3-5-7-12/h3-7,10-11,14,21H,8-9H2,1-2H3,(H,17,18,19)/t14-/m1/s1. The minimum absolute atomic E-state index is 0.164. The first kappa shape index (κ1) is 15.9. The van der Waals surface area contributed by atoms with Crippen LogP contribution in [0.3, 0.4) is 0 Å². The molecule has 1 aromatic carbocycles. The lowest BCUT2D eigenvalue weighted by molar-refractivity contribution is 0.0760. The maximum absolute atomic E-state index is 12.2. The van der Waals surface area contributed by atoms with Gasteiger partial charge in [0.15, 0.2) is 0 Å². The highest BCUT2D eigenvalue weighted by Gasteiger charge is 2.15. The van der Waals surface area contributed by atoms with Gasteiger partial charge < -0.3 is 15.3 Å². The summed E-state index contributed by atoms with van der Waals surface area (Å²) in [5.74, 6) is 0.307. The molecular weight excluding hydrogens is 280 g/mol. The highest BCUT2D eigenvalue weighted by Crippen LogP contribution is 2.16. The number of carbonyl (C=O) groups excluding carboxylic acids is 1. The fourth-order valence-corrected chi connectivity index (χ4v) is 2.05. The predicted molar refractivity (Wildman–Crippen MR) is 84.6 cm³/mol. The van der Waals surface area contributed by atoms with E-state index < -0.39 is 6.10 Å². The van der Waals surface area contributed by atoms with Crippen LogP contribution in [0.5, 0.6) is 0 Å². The molecule has 0 fully saturated rings. The molecule has 1 aromatic heterocycles. The lowest BCUT2D eigenvalue weighted by atomic mass is 10.1. The van der Waals surface area contributed by atoms with E-state index in [4.69, 9.17) is 0 Å². The largest absolute Gasteiger partial charge is 0.388 e. The number of aliphatic hydroxyl groups excluding tert-OH is 1. The lowest BCUT2D eigenvalue weighted by Crippen LogP contribution is -2.29. The van der Waals surface area contributed by atoms with E-state index in [2.05, 4.69) is 15.3 Å². The Hall–Kier alpha value is -2.47. The summed E-state index contributed by atoms with van der Waals surface area (Å²) in [6.07, 6.45) is 2.87. The van der Waals surface area contributed by atoms with E-state index in [1.807, 2.05) is 30.3 Å². The summed E-state index contributed by atoms with van der Waals surface area (Å²) in [4.78, 5) is 21.8. The van der Waals surface area contributed by atoms with Crippen LogP contribution in [0.1, 0.15) is 28.4 Å². The zero-order valence-corrected chi connectivity index (χ0v) is 12.7. The molecule has 2 aromatic rings. The second kappa shape index (κ2) is 7.51. The van der Waals surface area contributed by atoms with Gasteiger partial charge in [0.05, 0.1) is 11.7 Å². The number of amides is 1. The summed E-state index contributed by atoms with van der Waals surface area (Å²) in [7, 11) is 3.42. The molecule has 1 atom stereocenters. The number of hydrogen-bond acceptors (Lipinski definition) is 5. The van der Waals surface area contributed by atoms with E-state index in [0.29, 0.717) is 24.5 Å². The summed E-state index contributed by atoms with van der Waals surface area (Å²) < 4.78 is 0. The Labute approximate surface area is 129 Å². The highest BCUT2D eigenvalue weighted by molar-refractivity contribution is 5.93. The van der Waals surface area contributed by atoms with Gasteiger partial charge in [0.2, 0.25) is 5.95 Å². The molecule has 22 heavy (non-hydrogen) atoms. The van der Waals surface area contributed by atoms with Crippen LogP contribution in [0.4, 0.5) is 5.95 Å². The smallest absolute Gasteiger partial charge is 0.256 e. The van der Waals surface area contributed by atoms with Crippen molar-refractivity contribution in [3.8, 4) is 0 Å². The minimum atomic E-state index is -0.584. The molecule has 116 valence electrons. The maximum atomic E-state index is 12.2. The Bertz CT molecular complexity index is 601. The first-order valence-electron chi connectivity index (χ1n) is 7.10. The lowest BCUT2D eigenvalue weighted by Gasteiger charge is -2.19. The van der Waals surface area contributed by atoms with Gasteiger partial charge in [-0.15, -0.1) is 0 Å². The summed E-state index contributed by atoms with van der Waals surface area (Å²) in [6, 6.07) is 9.41. The van der Waals surface area contributed by atoms with Crippen molar-refractivity contribution in [2.24, 2.45) is 0 Å². The van der Waals surface area contributed by atoms with Crippen molar-refractivity contribution in [3.63, 3.8) is 0 Å². The van der Waals surface area contributed by atoms with Crippen molar-refractivity contribution in [3.05, 3.63) is 53.9 Å². The first-order chi connectivity index (χ1) is 10.6. The van der Waals surface area contributed by atoms with Crippen molar-refractivity contribution in [2.45, 2.75) is 12.5 Å². The van der Waals surface area contributed by atoms with Crippen LogP contribution in [-0.4, -0.2) is 46.5 Å². The fourth-order valence-electron chi connectivity index (χ4n) is 2.05. The van der Waals surface area contributed by atoms with E-state index in [-0.39, 0.29) is 5.91 Å². The molecule has 0 radical (unpaired) electrons. The van der Waals surface area contributed by atoms with E-state index in [9.17, 15) is 9.90 Å². The number of aromatic nitrogens is 2. The molecule has 0 aliphatic rings. The molecule has 6 nitrogen and oxygen atoms in total. The predicted octanol–water partition coefficient (Wildman–Crippen LogP) is 1.71. The van der Waals surface area contributed by atoms with E-state index in [1.165, 1.54) is 12.4 Å². The van der Waals surface area contributed by atoms with Crippen LogP contribution in [0.15, 0.2) is 42.7 Å². The molecule has 0 bridgehead atoms. The number of carbonyl (C=O) groups is 1. The Morgan fingerprint density at radius 3 is 2.50 bits per heavy atom. The third kappa shape index (κ3) is 4.02. The Morgan fingerprint density at radius 1 is 1.27 bits per heavy atom. The van der Waals surface area contributed by atoms with Crippen LogP contribution >= 0.6 is 0 Å². The molecule has 1 amide bonds. The van der Waals surface area contributed by atoms with Crippen molar-refractivity contribution in [1.29, 1.82) is 0 Å². The van der Waals surface area contributed by atoms with Gasteiger partial charge in [-0.3, -0.25) is 4.79 Å². The third-order valence-electron chi connectivity index (χ3n) is 3.39. The van der Waals surface area contributed by atoms with Gasteiger partial charge in [0, 0.05) is 33.0 Å². The van der Waals surface area contributed by atoms with Crippen LogP contribution in [0.2, 0.25) is 0 Å². The molecular formula is C16H20N4O2. The second-order valence-corrected chi connectivity index (χ2v) is 4.99. The van der Waals surface area contributed by atoms with Crippen molar-refractivity contribution < 1.29 is 9.90 Å². The van der Waals surface area contributed by atoms with Gasteiger partial charge in [0.1, 0.15) is 0 Å². The summed E-state index contributed by atoms with van der Waals surface area (Å²) in [5.41, 5.74) is 1.28. The summed E-state index contributed by atoms with van der Waals surface area (Å²) >= 11 is 0. The Balaban J connectivity index is 1.91. The van der Waals surface area contributed by atoms with E-state index in [1.54, 1.807) is 19.0 Å². The summed E-state index contributed by atoms with van der Waals surface area (Å²) in [5, 5.41) is 12.9. The van der Waals surface area contributed by atoms with E-state index in [0.717, 1.165) is 5.56 Å². The average molecular weight is 300 g/mol. The average Bonchev–Trinajstić information content (AvgIpc) is 2.59. The number of aliphatic hydroxyl groups is 1. The Kier molecular flexibility index (Phi) is 5.43. The van der Waals surface area contributed by atoms with Crippen molar-refractivity contribution in [1.82, 2.24) is 14.9 Å². The van der Waals surface area contributed by atoms with Crippen molar-refractivity contribution >= 4 is 11.9 Å². The van der Waals surface area contributed by atoms with Crippen molar-refractivity contribution in [2.75, 3.05) is 26.0 Å². The monoisotopic (exact) mass is 300 g/mol. The molecule has 0 aliphatic heterocycles. The van der Waals surface area contributed by atoms with Crippen LogP contribution in [0, 0.1) is 0 Å². The van der Waals surface area contributed by atoms with Gasteiger partial charge in [-0.1, -0.05) is 30.3 Å². The molecule has 0 saturated heterocycles. The van der Waals surface area contributed by atoms with Gasteiger partial charge in [0.25, 0.3) is 5.91 Å². The molecule has 1 heterocycles. The summed E-state index contributed by atoms with van der Waals surface area (Å²) in [6.45, 7) is 0.447. The van der Waals surface area contributed by atoms with Gasteiger partial charge in [-0.05, 0) is 12.0 Å². The fraction of sp³-hybridized carbons (Fsp3) is 0.312. The number of benzene rings is 1. The molecule has 0 aliphatic carbocycles. The number of rotatable bonds is 6. The quantitative estimate of drug-likeness (QED) is 0.849. The second-order valence-electron chi connectivity index (χ2n) is 4.99.